The average molecular weight is 184 g/mol. The van der Waals surface area contributed by atoms with Gasteiger partial charge < -0.3 is 5.73 Å². The largest absolute Gasteiger partial charge is 0.320 e. The molecular weight excluding hydrogens is 172 g/mol. The van der Waals surface area contributed by atoms with Gasteiger partial charge >= 0.3 is 0 Å². The van der Waals surface area contributed by atoms with E-state index in [4.69, 9.17) is 5.73 Å². The van der Waals surface area contributed by atoms with E-state index in [0.29, 0.717) is 5.75 Å². The number of hydrogen-bond acceptors (Lipinski definition) is 3. The van der Waals surface area contributed by atoms with E-state index in [9.17, 15) is 4.79 Å². The molecular formula is C8H12N2OS. The van der Waals surface area contributed by atoms with Gasteiger partial charge in [0.15, 0.2) is 0 Å². The van der Waals surface area contributed by atoms with Crippen molar-refractivity contribution in [1.82, 2.24) is 0 Å². The second-order valence-electron chi connectivity index (χ2n) is 3.46. The second kappa shape index (κ2) is 2.85. The van der Waals surface area contributed by atoms with Crippen molar-refractivity contribution in [2.45, 2.75) is 31.2 Å². The molecule has 0 atom stereocenters. The molecule has 1 amide bonds. The quantitative estimate of drug-likeness (QED) is 0.659. The molecule has 1 saturated carbocycles. The number of aliphatic imine (C=N–C) groups is 1. The van der Waals surface area contributed by atoms with E-state index in [-0.39, 0.29) is 11.4 Å². The van der Waals surface area contributed by atoms with Crippen LogP contribution in [-0.2, 0) is 4.79 Å². The Bertz CT molecular complexity index is 243. The lowest BCUT2D eigenvalue weighted by atomic mass is 10.0. The normalized spacial score (nSPS) is 27.8. The van der Waals surface area contributed by atoms with Crippen LogP contribution in [0.4, 0.5) is 0 Å². The summed E-state index contributed by atoms with van der Waals surface area (Å²) in [5.41, 5.74) is 5.87. The molecule has 0 radical (unpaired) electrons. The number of carbonyl (C=O) groups excluding carboxylic acids is 1. The summed E-state index contributed by atoms with van der Waals surface area (Å²) in [4.78, 5) is 14.8. The number of nitrogens with two attached hydrogens (primary N) is 1. The van der Waals surface area contributed by atoms with Crippen molar-refractivity contribution in [3.8, 4) is 0 Å². The predicted octanol–water partition coefficient (Wildman–Crippen LogP) is 0.930. The topological polar surface area (TPSA) is 55.4 Å². The molecule has 0 bridgehead atoms. The van der Waals surface area contributed by atoms with Gasteiger partial charge in [-0.25, -0.2) is 4.99 Å². The van der Waals surface area contributed by atoms with Gasteiger partial charge in [0.2, 0.25) is 0 Å². The van der Waals surface area contributed by atoms with Crippen molar-refractivity contribution >= 4 is 22.7 Å². The third-order valence-electron chi connectivity index (χ3n) is 2.48. The Kier molecular flexibility index (Phi) is 1.96. The Morgan fingerprint density at radius 2 is 2.08 bits per heavy atom. The number of rotatable bonds is 1. The number of thioether (sulfide) groups is 1. The fourth-order valence-corrected chi connectivity index (χ4v) is 2.77. The molecule has 0 spiro atoms. The van der Waals surface area contributed by atoms with Crippen LogP contribution in [0.25, 0.3) is 0 Å². The van der Waals surface area contributed by atoms with Gasteiger partial charge in [0.05, 0.1) is 16.3 Å². The molecule has 1 fully saturated rings. The summed E-state index contributed by atoms with van der Waals surface area (Å²) in [6.07, 6.45) is 4.33. The first-order valence-electron chi connectivity index (χ1n) is 4.24. The second-order valence-corrected chi connectivity index (χ2v) is 4.43. The third kappa shape index (κ3) is 1.29. The van der Waals surface area contributed by atoms with Crippen molar-refractivity contribution in [1.29, 1.82) is 0 Å². The molecule has 2 N–H and O–H groups in total. The number of carbonyl (C=O) groups is 1. The van der Waals surface area contributed by atoms with E-state index in [0.717, 1.165) is 17.9 Å². The summed E-state index contributed by atoms with van der Waals surface area (Å²) in [5.74, 6) is 0.473. The van der Waals surface area contributed by atoms with E-state index < -0.39 is 0 Å². The van der Waals surface area contributed by atoms with E-state index in [1.807, 2.05) is 0 Å². The highest BCUT2D eigenvalue weighted by Gasteiger charge is 2.37. The molecule has 0 aromatic rings. The highest BCUT2D eigenvalue weighted by Crippen LogP contribution is 2.34. The Balaban J connectivity index is 2.18. The van der Waals surface area contributed by atoms with Crippen LogP contribution in [-0.4, -0.2) is 22.2 Å². The lowest BCUT2D eigenvalue weighted by molar-refractivity contribution is -0.115. The first-order valence-corrected chi connectivity index (χ1v) is 5.23. The van der Waals surface area contributed by atoms with Gasteiger partial charge in [0.25, 0.3) is 5.91 Å². The number of nitrogens with zero attached hydrogens (tertiary/aromatic N) is 1. The summed E-state index contributed by atoms with van der Waals surface area (Å²) in [5, 5.41) is 0.880. The Labute approximate surface area is 75.8 Å². The van der Waals surface area contributed by atoms with Gasteiger partial charge in [0.1, 0.15) is 0 Å². The van der Waals surface area contributed by atoms with E-state index in [1.54, 1.807) is 0 Å². The maximum atomic E-state index is 10.9. The summed E-state index contributed by atoms with van der Waals surface area (Å²) < 4.78 is 0. The highest BCUT2D eigenvalue weighted by atomic mass is 32.2. The zero-order valence-corrected chi connectivity index (χ0v) is 7.69. The summed E-state index contributed by atoms with van der Waals surface area (Å²) in [6.45, 7) is 0. The number of hydrogen-bond donors (Lipinski definition) is 1. The Hall–Kier alpha value is -0.350. The zero-order valence-electron chi connectivity index (χ0n) is 6.88. The minimum Gasteiger partial charge on any atom is -0.320 e. The molecule has 1 heterocycles. The monoisotopic (exact) mass is 184 g/mol. The van der Waals surface area contributed by atoms with Crippen LogP contribution in [0.3, 0.4) is 0 Å². The molecule has 0 unspecified atom stereocenters. The highest BCUT2D eigenvalue weighted by molar-refractivity contribution is 8.15. The molecule has 2 rings (SSSR count). The van der Waals surface area contributed by atoms with Gasteiger partial charge in [-0.05, 0) is 12.8 Å². The van der Waals surface area contributed by atoms with E-state index in [2.05, 4.69) is 4.99 Å². The Morgan fingerprint density at radius 1 is 1.42 bits per heavy atom. The third-order valence-corrected chi connectivity index (χ3v) is 3.64. The van der Waals surface area contributed by atoms with Gasteiger partial charge in [-0.2, -0.15) is 0 Å². The molecule has 0 aromatic carbocycles. The summed E-state index contributed by atoms with van der Waals surface area (Å²) in [7, 11) is 0. The maximum absolute atomic E-state index is 10.9. The first kappa shape index (κ1) is 8.26. The van der Waals surface area contributed by atoms with Gasteiger partial charge in [-0.15, -0.1) is 0 Å². The zero-order chi connectivity index (χ0) is 8.60. The fraction of sp³-hybridized carbons (Fsp3) is 0.750. The predicted molar refractivity (Wildman–Crippen MR) is 50.3 cm³/mol. The molecule has 0 aromatic heterocycles. The van der Waals surface area contributed by atoms with E-state index in [1.165, 1.54) is 24.6 Å². The Morgan fingerprint density at radius 3 is 2.58 bits per heavy atom. The smallest absolute Gasteiger partial charge is 0.256 e. The van der Waals surface area contributed by atoms with E-state index >= 15 is 0 Å². The molecule has 1 aliphatic carbocycles. The van der Waals surface area contributed by atoms with Crippen molar-refractivity contribution < 1.29 is 4.79 Å². The summed E-state index contributed by atoms with van der Waals surface area (Å²) >= 11 is 1.52. The summed E-state index contributed by atoms with van der Waals surface area (Å²) in [6, 6.07) is 0. The van der Waals surface area contributed by atoms with Gasteiger partial charge in [-0.3, -0.25) is 4.79 Å². The molecule has 66 valence electrons. The van der Waals surface area contributed by atoms with Crippen LogP contribution in [0.2, 0.25) is 0 Å². The molecule has 1 aliphatic heterocycles. The minimum atomic E-state index is -0.253. The molecule has 0 saturated heterocycles. The van der Waals surface area contributed by atoms with Crippen molar-refractivity contribution in [3.05, 3.63) is 0 Å². The van der Waals surface area contributed by atoms with Crippen LogP contribution in [0.15, 0.2) is 4.99 Å². The fourth-order valence-electron chi connectivity index (χ4n) is 1.78. The molecule has 4 heteroatoms. The SMILES string of the molecule is NC1(C2=NC(=O)CS2)CCCC1. The van der Waals surface area contributed by atoms with Gasteiger partial charge in [-0.1, -0.05) is 24.6 Å². The standard InChI is InChI=1S/C8H12N2OS/c9-8(3-1-2-4-8)7-10-6(11)5-12-7/h1-5,9H2. The lowest BCUT2D eigenvalue weighted by Crippen LogP contribution is -2.43. The van der Waals surface area contributed by atoms with Crippen molar-refractivity contribution in [2.75, 3.05) is 5.75 Å². The maximum Gasteiger partial charge on any atom is 0.256 e. The average Bonchev–Trinajstić information content (AvgIpc) is 2.59. The molecule has 12 heavy (non-hydrogen) atoms. The van der Waals surface area contributed by atoms with Crippen molar-refractivity contribution in [3.63, 3.8) is 0 Å². The van der Waals surface area contributed by atoms with Crippen LogP contribution >= 0.6 is 11.8 Å². The van der Waals surface area contributed by atoms with Crippen molar-refractivity contribution in [2.24, 2.45) is 10.7 Å². The van der Waals surface area contributed by atoms with Crippen LogP contribution < -0.4 is 5.73 Å². The van der Waals surface area contributed by atoms with Gasteiger partial charge in [0, 0.05) is 0 Å². The molecule has 2 aliphatic rings. The first-order chi connectivity index (χ1) is 5.71. The number of amides is 1. The minimum absolute atomic E-state index is 0.0216. The van der Waals surface area contributed by atoms with Crippen LogP contribution in [0.1, 0.15) is 25.7 Å². The molecule has 3 nitrogen and oxygen atoms in total. The van der Waals surface area contributed by atoms with Crippen LogP contribution in [0.5, 0.6) is 0 Å². The lowest BCUT2D eigenvalue weighted by Gasteiger charge is -2.21. The van der Waals surface area contributed by atoms with Crippen LogP contribution in [0, 0.1) is 0 Å².